The second-order valence-electron chi connectivity index (χ2n) is 6.23. The first kappa shape index (κ1) is 21.7. The molecule has 2 heterocycles. The van der Waals surface area contributed by atoms with Crippen molar-refractivity contribution in [3.63, 3.8) is 0 Å². The van der Waals surface area contributed by atoms with Crippen molar-refractivity contribution in [3.8, 4) is 0 Å². The maximum Gasteiger partial charge on any atom is 0.305 e. The van der Waals surface area contributed by atoms with E-state index in [-0.39, 0.29) is 12.0 Å². The highest BCUT2D eigenvalue weighted by molar-refractivity contribution is 7.10. The molecule has 1 atom stereocenters. The van der Waals surface area contributed by atoms with Crippen LogP contribution in [0.15, 0.2) is 22.5 Å². The quantitative estimate of drug-likeness (QED) is 0.273. The third-order valence-electron chi connectivity index (χ3n) is 4.28. The lowest BCUT2D eigenvalue weighted by molar-refractivity contribution is -0.143. The van der Waals surface area contributed by atoms with Gasteiger partial charge in [-0.15, -0.1) is 11.3 Å². The van der Waals surface area contributed by atoms with E-state index in [0.717, 1.165) is 45.2 Å². The summed E-state index contributed by atoms with van der Waals surface area (Å²) in [6, 6.07) is 4.54. The lowest BCUT2D eigenvalue weighted by Crippen LogP contribution is -2.41. The molecule has 1 aromatic heterocycles. The van der Waals surface area contributed by atoms with E-state index in [9.17, 15) is 4.79 Å². The van der Waals surface area contributed by atoms with E-state index in [4.69, 9.17) is 14.5 Å². The number of esters is 1. The molecule has 2 N–H and O–H groups in total. The Balaban J connectivity index is 1.90. The number of nitrogens with one attached hydrogen (secondary N) is 2. The van der Waals surface area contributed by atoms with Crippen LogP contribution in [0, 0.1) is 0 Å². The maximum absolute atomic E-state index is 11.4. The number of rotatable bonds is 10. The van der Waals surface area contributed by atoms with Crippen LogP contribution in [0.2, 0.25) is 0 Å². The van der Waals surface area contributed by atoms with Crippen molar-refractivity contribution in [3.05, 3.63) is 22.4 Å². The minimum absolute atomic E-state index is 0.147. The average Bonchev–Trinajstić information content (AvgIpc) is 3.21. The topological polar surface area (TPSA) is 75.2 Å². The number of hydrogen-bond acceptors (Lipinski definition) is 6. The summed E-state index contributed by atoms with van der Waals surface area (Å²) in [5.41, 5.74) is 0. The van der Waals surface area contributed by atoms with Gasteiger partial charge in [-0.1, -0.05) is 6.07 Å². The smallest absolute Gasteiger partial charge is 0.305 e. The maximum atomic E-state index is 11.4. The van der Waals surface area contributed by atoms with E-state index in [1.54, 1.807) is 11.3 Å². The summed E-state index contributed by atoms with van der Waals surface area (Å²) in [6.45, 7) is 9.89. The molecule has 7 nitrogen and oxygen atoms in total. The van der Waals surface area contributed by atoms with Gasteiger partial charge in [0.25, 0.3) is 0 Å². The average molecular weight is 397 g/mol. The van der Waals surface area contributed by atoms with Crippen LogP contribution in [0.5, 0.6) is 0 Å². The minimum atomic E-state index is -0.147. The predicted molar refractivity (Wildman–Crippen MR) is 109 cm³/mol. The number of guanidine groups is 1. The Morgan fingerprint density at radius 3 is 2.85 bits per heavy atom. The highest BCUT2D eigenvalue weighted by atomic mass is 32.1. The number of hydrogen-bond donors (Lipinski definition) is 2. The van der Waals surface area contributed by atoms with Crippen LogP contribution in [0.4, 0.5) is 0 Å². The first-order chi connectivity index (χ1) is 13.2. The van der Waals surface area contributed by atoms with Crippen LogP contribution in [0.3, 0.4) is 0 Å². The Bertz CT molecular complexity index is 559. The molecule has 0 bridgehead atoms. The SMILES string of the molecule is CCNC(=NCC(c1cccs1)N1CCOCC1)NCCCC(=O)OCC. The zero-order chi connectivity index (χ0) is 19.3. The van der Waals surface area contributed by atoms with Gasteiger partial charge in [0.05, 0.1) is 32.4 Å². The predicted octanol–water partition coefficient (Wildman–Crippen LogP) is 2.02. The zero-order valence-electron chi connectivity index (χ0n) is 16.4. The van der Waals surface area contributed by atoms with Gasteiger partial charge in [-0.25, -0.2) is 0 Å². The molecule has 0 aliphatic carbocycles. The van der Waals surface area contributed by atoms with Crippen LogP contribution in [-0.4, -0.2) is 69.4 Å². The molecule has 2 rings (SSSR count). The first-order valence-electron chi connectivity index (χ1n) is 9.77. The molecule has 27 heavy (non-hydrogen) atoms. The molecule has 0 amide bonds. The number of carbonyl (C=O) groups excluding carboxylic acids is 1. The highest BCUT2D eigenvalue weighted by Crippen LogP contribution is 2.26. The highest BCUT2D eigenvalue weighted by Gasteiger charge is 2.23. The Hall–Kier alpha value is -1.64. The number of nitrogens with zero attached hydrogens (tertiary/aromatic N) is 2. The van der Waals surface area contributed by atoms with Crippen LogP contribution in [0.25, 0.3) is 0 Å². The standard InChI is InChI=1S/C19H32N4O3S/c1-3-20-19(21-9-5-8-18(24)26-4-2)22-15-16(17-7-6-14-27-17)23-10-12-25-13-11-23/h6-7,14,16H,3-5,8-13,15H2,1-2H3,(H2,20,21,22). The van der Waals surface area contributed by atoms with Gasteiger partial charge < -0.3 is 20.1 Å². The van der Waals surface area contributed by atoms with Crippen LogP contribution < -0.4 is 10.6 Å². The Labute approximate surface area is 166 Å². The number of carbonyl (C=O) groups is 1. The molecule has 1 aliphatic rings. The van der Waals surface area contributed by atoms with Crippen molar-refractivity contribution in [2.45, 2.75) is 32.7 Å². The molecular weight excluding hydrogens is 364 g/mol. The second kappa shape index (κ2) is 12.7. The third-order valence-corrected chi connectivity index (χ3v) is 5.25. The lowest BCUT2D eigenvalue weighted by Gasteiger charge is -2.33. The van der Waals surface area contributed by atoms with Crippen molar-refractivity contribution in [2.75, 3.05) is 52.5 Å². The van der Waals surface area contributed by atoms with Crippen LogP contribution in [-0.2, 0) is 14.3 Å². The molecule has 152 valence electrons. The monoisotopic (exact) mass is 396 g/mol. The molecule has 1 aliphatic heterocycles. The van der Waals surface area contributed by atoms with Crippen LogP contribution >= 0.6 is 11.3 Å². The molecule has 1 fully saturated rings. The van der Waals surface area contributed by atoms with Gasteiger partial charge in [0.1, 0.15) is 0 Å². The summed E-state index contributed by atoms with van der Waals surface area (Å²) in [7, 11) is 0. The van der Waals surface area contributed by atoms with Gasteiger partial charge in [-0.05, 0) is 31.7 Å². The molecule has 0 saturated carbocycles. The number of thiophene rings is 1. The summed E-state index contributed by atoms with van der Waals surface area (Å²) in [5.74, 6) is 0.641. The van der Waals surface area contributed by atoms with Crippen molar-refractivity contribution in [2.24, 2.45) is 4.99 Å². The van der Waals surface area contributed by atoms with Crippen molar-refractivity contribution >= 4 is 23.3 Å². The molecule has 1 unspecified atom stereocenters. The molecule has 8 heteroatoms. The fourth-order valence-electron chi connectivity index (χ4n) is 2.95. The van der Waals surface area contributed by atoms with Crippen molar-refractivity contribution < 1.29 is 14.3 Å². The van der Waals surface area contributed by atoms with Gasteiger partial charge in [0.15, 0.2) is 5.96 Å². The number of morpholine rings is 1. The Morgan fingerprint density at radius 1 is 1.37 bits per heavy atom. The lowest BCUT2D eigenvalue weighted by atomic mass is 10.2. The minimum Gasteiger partial charge on any atom is -0.466 e. The molecular formula is C19H32N4O3S. The van der Waals surface area contributed by atoms with Gasteiger partial charge in [0.2, 0.25) is 0 Å². The number of aliphatic imine (C=N–C) groups is 1. The Morgan fingerprint density at radius 2 is 2.19 bits per heavy atom. The summed E-state index contributed by atoms with van der Waals surface area (Å²) in [4.78, 5) is 20.0. The number of ether oxygens (including phenoxy) is 2. The molecule has 0 radical (unpaired) electrons. The van der Waals surface area contributed by atoms with E-state index in [1.165, 1.54) is 4.88 Å². The van der Waals surface area contributed by atoms with Crippen molar-refractivity contribution in [1.29, 1.82) is 0 Å². The van der Waals surface area contributed by atoms with Crippen LogP contribution in [0.1, 0.15) is 37.6 Å². The zero-order valence-corrected chi connectivity index (χ0v) is 17.2. The van der Waals surface area contributed by atoms with E-state index >= 15 is 0 Å². The summed E-state index contributed by atoms with van der Waals surface area (Å²) in [6.07, 6.45) is 1.15. The summed E-state index contributed by atoms with van der Waals surface area (Å²) >= 11 is 1.78. The van der Waals surface area contributed by atoms with Crippen molar-refractivity contribution in [1.82, 2.24) is 15.5 Å². The Kier molecular flexibility index (Phi) is 10.2. The molecule has 0 spiro atoms. The fourth-order valence-corrected chi connectivity index (χ4v) is 3.80. The van der Waals surface area contributed by atoms with E-state index in [0.29, 0.717) is 26.1 Å². The summed E-state index contributed by atoms with van der Waals surface area (Å²) in [5, 5.41) is 8.71. The molecule has 0 aromatic carbocycles. The van der Waals surface area contributed by atoms with E-state index < -0.39 is 0 Å². The third kappa shape index (κ3) is 7.86. The normalized spacial score (nSPS) is 16.7. The fraction of sp³-hybridized carbons (Fsp3) is 0.684. The first-order valence-corrected chi connectivity index (χ1v) is 10.7. The largest absolute Gasteiger partial charge is 0.466 e. The van der Waals surface area contributed by atoms with E-state index in [2.05, 4.69) is 40.0 Å². The van der Waals surface area contributed by atoms with Gasteiger partial charge in [-0.3, -0.25) is 14.7 Å². The summed E-state index contributed by atoms with van der Waals surface area (Å²) < 4.78 is 10.5. The van der Waals surface area contributed by atoms with Gasteiger partial charge in [0, 0.05) is 37.5 Å². The molecule has 1 aromatic rings. The van der Waals surface area contributed by atoms with Gasteiger partial charge in [-0.2, -0.15) is 0 Å². The van der Waals surface area contributed by atoms with E-state index in [1.807, 2.05) is 6.92 Å². The second-order valence-corrected chi connectivity index (χ2v) is 7.21. The van der Waals surface area contributed by atoms with Gasteiger partial charge >= 0.3 is 5.97 Å². The molecule has 1 saturated heterocycles.